The van der Waals surface area contributed by atoms with E-state index in [4.69, 9.17) is 0 Å². The van der Waals surface area contributed by atoms with Crippen molar-refractivity contribution in [3.63, 3.8) is 0 Å². The first-order chi connectivity index (χ1) is 5.11. The average Bonchev–Trinajstić information content (AvgIpc) is 1.94. The lowest BCUT2D eigenvalue weighted by Gasteiger charge is -1.93. The standard InChI is InChI=1S/C5H3BrN2O2S/c6-5-4(11)1-3(2-7-5)8(9)10/h1-2,11H. The van der Waals surface area contributed by atoms with Gasteiger partial charge >= 0.3 is 0 Å². The average molecular weight is 235 g/mol. The molecule has 0 spiro atoms. The molecule has 0 radical (unpaired) electrons. The van der Waals surface area contributed by atoms with Gasteiger partial charge in [-0.05, 0) is 15.9 Å². The van der Waals surface area contributed by atoms with Crippen molar-refractivity contribution in [2.75, 3.05) is 0 Å². The molecule has 1 rings (SSSR count). The first kappa shape index (κ1) is 8.48. The van der Waals surface area contributed by atoms with Gasteiger partial charge in [0.25, 0.3) is 5.69 Å². The summed E-state index contributed by atoms with van der Waals surface area (Å²) in [6, 6.07) is 1.33. The molecule has 0 bridgehead atoms. The molecular formula is C5H3BrN2O2S. The molecule has 11 heavy (non-hydrogen) atoms. The largest absolute Gasteiger partial charge is 0.288 e. The van der Waals surface area contributed by atoms with Gasteiger partial charge in [-0.3, -0.25) is 10.1 Å². The summed E-state index contributed by atoms with van der Waals surface area (Å²) >= 11 is 7.02. The normalized spacial score (nSPS) is 9.64. The van der Waals surface area contributed by atoms with E-state index in [2.05, 4.69) is 33.5 Å². The third-order valence-electron chi connectivity index (χ3n) is 1.02. The van der Waals surface area contributed by atoms with E-state index in [1.807, 2.05) is 0 Å². The minimum Gasteiger partial charge on any atom is -0.258 e. The molecular weight excluding hydrogens is 232 g/mol. The van der Waals surface area contributed by atoms with E-state index in [-0.39, 0.29) is 5.69 Å². The Hall–Kier alpha value is -0.620. The number of aromatic nitrogens is 1. The highest BCUT2D eigenvalue weighted by Gasteiger charge is 2.07. The minimum atomic E-state index is -0.515. The van der Waals surface area contributed by atoms with Gasteiger partial charge in [-0.1, -0.05) is 0 Å². The van der Waals surface area contributed by atoms with E-state index >= 15 is 0 Å². The molecule has 0 aliphatic carbocycles. The molecule has 0 amide bonds. The first-order valence-corrected chi connectivity index (χ1v) is 3.84. The first-order valence-electron chi connectivity index (χ1n) is 2.60. The van der Waals surface area contributed by atoms with Crippen LogP contribution < -0.4 is 0 Å². The Balaban J connectivity index is 3.15. The molecule has 0 aromatic carbocycles. The van der Waals surface area contributed by atoms with Gasteiger partial charge in [0, 0.05) is 11.0 Å². The number of nitro groups is 1. The van der Waals surface area contributed by atoms with Crippen molar-refractivity contribution in [1.29, 1.82) is 0 Å². The lowest BCUT2D eigenvalue weighted by atomic mass is 10.4. The number of thiol groups is 1. The summed E-state index contributed by atoms with van der Waals surface area (Å²) in [7, 11) is 0. The Morgan fingerprint density at radius 3 is 2.82 bits per heavy atom. The second-order valence-corrected chi connectivity index (χ2v) is 2.99. The van der Waals surface area contributed by atoms with Crippen molar-refractivity contribution in [2.45, 2.75) is 4.90 Å². The Morgan fingerprint density at radius 2 is 2.36 bits per heavy atom. The number of halogens is 1. The fourth-order valence-corrected chi connectivity index (χ4v) is 0.933. The smallest absolute Gasteiger partial charge is 0.258 e. The predicted octanol–water partition coefficient (Wildman–Crippen LogP) is 2.04. The summed E-state index contributed by atoms with van der Waals surface area (Å²) in [5, 5.41) is 10.2. The number of nitrogens with zero attached hydrogens (tertiary/aromatic N) is 2. The van der Waals surface area contributed by atoms with E-state index in [0.29, 0.717) is 9.50 Å². The summed E-state index contributed by atoms with van der Waals surface area (Å²) in [4.78, 5) is 13.8. The maximum atomic E-state index is 10.2. The molecule has 6 heteroatoms. The fraction of sp³-hybridized carbons (Fsp3) is 0. The maximum Gasteiger partial charge on any atom is 0.288 e. The second-order valence-electron chi connectivity index (χ2n) is 1.76. The van der Waals surface area contributed by atoms with Crippen LogP contribution in [0, 0.1) is 10.1 Å². The van der Waals surface area contributed by atoms with Gasteiger partial charge in [-0.25, -0.2) is 4.98 Å². The molecule has 58 valence electrons. The topological polar surface area (TPSA) is 56.0 Å². The molecule has 1 aromatic heterocycles. The van der Waals surface area contributed by atoms with Crippen LogP contribution in [-0.4, -0.2) is 9.91 Å². The van der Waals surface area contributed by atoms with Crippen LogP contribution in [0.25, 0.3) is 0 Å². The van der Waals surface area contributed by atoms with E-state index in [0.717, 1.165) is 0 Å². The van der Waals surface area contributed by atoms with Crippen LogP contribution in [0.15, 0.2) is 21.8 Å². The van der Waals surface area contributed by atoms with Crippen molar-refractivity contribution >= 4 is 34.2 Å². The molecule has 4 nitrogen and oxygen atoms in total. The molecule has 0 atom stereocenters. The zero-order valence-electron chi connectivity index (χ0n) is 5.19. The van der Waals surface area contributed by atoms with Crippen LogP contribution in [0.1, 0.15) is 0 Å². The molecule has 1 heterocycles. The summed E-state index contributed by atoms with van der Waals surface area (Å²) < 4.78 is 0.506. The van der Waals surface area contributed by atoms with Crippen LogP contribution in [0.2, 0.25) is 0 Å². The monoisotopic (exact) mass is 234 g/mol. The highest BCUT2D eigenvalue weighted by molar-refractivity contribution is 9.10. The third kappa shape index (κ3) is 1.90. The van der Waals surface area contributed by atoms with Crippen LogP contribution in [0.4, 0.5) is 5.69 Å². The van der Waals surface area contributed by atoms with Crippen LogP contribution >= 0.6 is 28.6 Å². The zero-order valence-corrected chi connectivity index (χ0v) is 7.67. The number of hydrogen-bond acceptors (Lipinski definition) is 4. The lowest BCUT2D eigenvalue weighted by molar-refractivity contribution is -0.385. The molecule has 0 saturated heterocycles. The second kappa shape index (κ2) is 3.19. The van der Waals surface area contributed by atoms with E-state index in [1.165, 1.54) is 12.3 Å². The molecule has 0 fully saturated rings. The van der Waals surface area contributed by atoms with Gasteiger partial charge in [0.2, 0.25) is 0 Å². The fourth-order valence-electron chi connectivity index (χ4n) is 0.526. The summed E-state index contributed by atoms with van der Waals surface area (Å²) in [5.74, 6) is 0. The zero-order chi connectivity index (χ0) is 8.43. The Kier molecular flexibility index (Phi) is 2.45. The quantitative estimate of drug-likeness (QED) is 0.350. The van der Waals surface area contributed by atoms with Crippen molar-refractivity contribution in [2.24, 2.45) is 0 Å². The van der Waals surface area contributed by atoms with E-state index < -0.39 is 4.92 Å². The van der Waals surface area contributed by atoms with E-state index in [1.54, 1.807) is 0 Å². The molecule has 0 unspecified atom stereocenters. The molecule has 0 aliphatic heterocycles. The van der Waals surface area contributed by atoms with E-state index in [9.17, 15) is 10.1 Å². The van der Waals surface area contributed by atoms with Crippen LogP contribution in [0.3, 0.4) is 0 Å². The highest BCUT2D eigenvalue weighted by Crippen LogP contribution is 2.21. The minimum absolute atomic E-state index is 0.0572. The van der Waals surface area contributed by atoms with Gasteiger partial charge in [-0.2, -0.15) is 0 Å². The van der Waals surface area contributed by atoms with Gasteiger partial charge in [-0.15, -0.1) is 12.6 Å². The van der Waals surface area contributed by atoms with Gasteiger partial charge in [0.15, 0.2) is 0 Å². The molecule has 0 saturated carbocycles. The van der Waals surface area contributed by atoms with Crippen molar-refractivity contribution < 1.29 is 4.92 Å². The maximum absolute atomic E-state index is 10.2. The number of pyridine rings is 1. The van der Waals surface area contributed by atoms with Crippen molar-refractivity contribution in [3.05, 3.63) is 27.0 Å². The van der Waals surface area contributed by atoms with Crippen LogP contribution in [-0.2, 0) is 0 Å². The molecule has 1 aromatic rings. The summed E-state index contributed by atoms with van der Waals surface area (Å²) in [5.41, 5.74) is -0.0572. The predicted molar refractivity (Wildman–Crippen MR) is 45.8 cm³/mol. The Labute approximate surface area is 76.3 Å². The molecule has 0 aliphatic rings. The van der Waals surface area contributed by atoms with Gasteiger partial charge in [0.05, 0.1) is 4.92 Å². The van der Waals surface area contributed by atoms with Crippen molar-refractivity contribution in [3.8, 4) is 0 Å². The highest BCUT2D eigenvalue weighted by atomic mass is 79.9. The van der Waals surface area contributed by atoms with Gasteiger partial charge in [0.1, 0.15) is 10.8 Å². The summed E-state index contributed by atoms with van der Waals surface area (Å²) in [6.45, 7) is 0. The lowest BCUT2D eigenvalue weighted by Crippen LogP contribution is -1.89. The number of hydrogen-bond donors (Lipinski definition) is 1. The Morgan fingerprint density at radius 1 is 1.73 bits per heavy atom. The molecule has 0 N–H and O–H groups in total. The Bertz CT molecular complexity index is 305. The third-order valence-corrected chi connectivity index (χ3v) is 2.30. The summed E-state index contributed by atoms with van der Waals surface area (Å²) in [6.07, 6.45) is 1.17. The van der Waals surface area contributed by atoms with Gasteiger partial charge < -0.3 is 0 Å². The van der Waals surface area contributed by atoms with Crippen LogP contribution in [0.5, 0.6) is 0 Å². The van der Waals surface area contributed by atoms with Crippen molar-refractivity contribution in [1.82, 2.24) is 4.98 Å². The SMILES string of the molecule is O=[N+]([O-])c1cnc(Br)c(S)c1. The number of rotatable bonds is 1.